The number of carbonyl (C=O) groups is 2. The van der Waals surface area contributed by atoms with Crippen molar-refractivity contribution >= 4 is 28.3 Å². The van der Waals surface area contributed by atoms with Gasteiger partial charge in [0.25, 0.3) is 0 Å². The van der Waals surface area contributed by atoms with Gasteiger partial charge in [-0.3, -0.25) is 9.59 Å². The number of carbonyl (C=O) groups excluding carboxylic acids is 2. The van der Waals surface area contributed by atoms with Gasteiger partial charge in [0.15, 0.2) is 5.13 Å². The molecule has 7 heteroatoms. The van der Waals surface area contributed by atoms with E-state index in [1.165, 1.54) is 30.6 Å². The molecule has 154 valence electrons. The van der Waals surface area contributed by atoms with Crippen molar-refractivity contribution in [1.29, 1.82) is 0 Å². The number of rotatable bonds is 7. The normalized spacial score (nSPS) is 30.6. The number of aryl methyl sites for hydroxylation is 1. The van der Waals surface area contributed by atoms with Crippen LogP contribution in [0.4, 0.5) is 5.13 Å². The molecule has 4 aliphatic carbocycles. The lowest BCUT2D eigenvalue weighted by atomic mass is 9.49. The van der Waals surface area contributed by atoms with Crippen LogP contribution in [0.15, 0.2) is 5.38 Å². The maximum atomic E-state index is 13.7. The lowest BCUT2D eigenvalue weighted by Crippen LogP contribution is -2.56. The average Bonchev–Trinajstić information content (AvgIpc) is 3.01. The van der Waals surface area contributed by atoms with Crippen molar-refractivity contribution in [3.05, 3.63) is 11.1 Å². The van der Waals surface area contributed by atoms with Gasteiger partial charge < -0.3 is 15.1 Å². The van der Waals surface area contributed by atoms with E-state index in [0.717, 1.165) is 49.3 Å². The van der Waals surface area contributed by atoms with Crippen LogP contribution < -0.4 is 5.32 Å². The van der Waals surface area contributed by atoms with Crippen molar-refractivity contribution < 1.29 is 9.59 Å². The van der Waals surface area contributed by atoms with Crippen LogP contribution >= 0.6 is 11.3 Å². The van der Waals surface area contributed by atoms with Crippen molar-refractivity contribution in [3.8, 4) is 0 Å². The van der Waals surface area contributed by atoms with Gasteiger partial charge in [-0.25, -0.2) is 4.98 Å². The van der Waals surface area contributed by atoms with E-state index in [-0.39, 0.29) is 23.8 Å². The number of anilines is 1. The number of likely N-dealkylation sites (N-methyl/N-ethyl adjacent to an activating group) is 1. The SMILES string of the molecule is Cc1csc(NC(=O)CN(CCN(C)C)C(=O)C23CC4CC(CC(C4)C2)C3)n1. The lowest BCUT2D eigenvalue weighted by molar-refractivity contribution is -0.158. The van der Waals surface area contributed by atoms with Crippen molar-refractivity contribution in [2.75, 3.05) is 39.0 Å². The standard InChI is InChI=1S/C21H32N4O2S/c1-14-13-28-20(22-14)23-18(26)12-25(5-4-24(2)3)19(27)21-9-15-6-16(10-21)8-17(7-15)11-21/h13,15-17H,4-12H2,1-3H3,(H,22,23,26). The zero-order valence-electron chi connectivity index (χ0n) is 17.2. The third-order valence-corrected chi connectivity index (χ3v) is 7.67. The second kappa shape index (κ2) is 7.75. The Hall–Kier alpha value is -1.47. The number of nitrogens with one attached hydrogen (secondary N) is 1. The number of aromatic nitrogens is 1. The summed E-state index contributed by atoms with van der Waals surface area (Å²) in [6, 6.07) is 0. The molecule has 0 saturated heterocycles. The molecule has 1 N–H and O–H groups in total. The largest absolute Gasteiger partial charge is 0.332 e. The second-order valence-electron chi connectivity index (χ2n) is 9.57. The highest BCUT2D eigenvalue weighted by molar-refractivity contribution is 7.13. The van der Waals surface area contributed by atoms with E-state index in [9.17, 15) is 9.59 Å². The fourth-order valence-electron chi connectivity index (χ4n) is 6.02. The van der Waals surface area contributed by atoms with Gasteiger partial charge in [0.1, 0.15) is 0 Å². The molecule has 0 radical (unpaired) electrons. The van der Waals surface area contributed by atoms with Crippen LogP contribution in [-0.2, 0) is 9.59 Å². The van der Waals surface area contributed by atoms with Crippen molar-refractivity contribution in [3.63, 3.8) is 0 Å². The summed E-state index contributed by atoms with van der Waals surface area (Å²) in [5, 5.41) is 5.40. The Morgan fingerprint density at radius 1 is 1.14 bits per heavy atom. The van der Waals surface area contributed by atoms with Gasteiger partial charge in [0.2, 0.25) is 11.8 Å². The van der Waals surface area contributed by atoms with Gasteiger partial charge in [-0.2, -0.15) is 0 Å². The van der Waals surface area contributed by atoms with Gasteiger partial charge in [-0.15, -0.1) is 11.3 Å². The van der Waals surface area contributed by atoms with Crippen LogP contribution in [0.1, 0.15) is 44.2 Å². The summed E-state index contributed by atoms with van der Waals surface area (Å²) in [6.45, 7) is 3.39. The highest BCUT2D eigenvalue weighted by Crippen LogP contribution is 2.60. The Labute approximate surface area is 171 Å². The molecule has 1 heterocycles. The van der Waals surface area contributed by atoms with E-state index in [4.69, 9.17) is 0 Å². The molecule has 0 aliphatic heterocycles. The molecule has 5 rings (SSSR count). The van der Waals surface area contributed by atoms with E-state index in [1.54, 1.807) is 0 Å². The van der Waals surface area contributed by atoms with Gasteiger partial charge in [-0.05, 0) is 77.3 Å². The Kier molecular flexibility index (Phi) is 5.49. The van der Waals surface area contributed by atoms with Gasteiger partial charge >= 0.3 is 0 Å². The van der Waals surface area contributed by atoms with Crippen LogP contribution in [0, 0.1) is 30.1 Å². The monoisotopic (exact) mass is 404 g/mol. The molecule has 4 aliphatic rings. The van der Waals surface area contributed by atoms with Crippen LogP contribution in [-0.4, -0.2) is 60.3 Å². The third-order valence-electron chi connectivity index (χ3n) is 6.80. The smallest absolute Gasteiger partial charge is 0.245 e. The molecule has 4 bridgehead atoms. The predicted molar refractivity (Wildman–Crippen MR) is 111 cm³/mol. The van der Waals surface area contributed by atoms with Crippen LogP contribution in [0.25, 0.3) is 0 Å². The van der Waals surface area contributed by atoms with Crippen molar-refractivity contribution in [2.24, 2.45) is 23.2 Å². The molecule has 0 atom stereocenters. The number of nitrogens with zero attached hydrogens (tertiary/aromatic N) is 3. The van der Waals surface area contributed by atoms with Gasteiger partial charge in [0.05, 0.1) is 17.7 Å². The Morgan fingerprint density at radius 3 is 2.25 bits per heavy atom. The predicted octanol–water partition coefficient (Wildman–Crippen LogP) is 3.00. The number of thiazole rings is 1. The molecule has 0 spiro atoms. The summed E-state index contributed by atoms with van der Waals surface area (Å²) in [5.74, 6) is 2.24. The molecule has 1 aromatic heterocycles. The van der Waals surface area contributed by atoms with Crippen molar-refractivity contribution in [2.45, 2.75) is 45.4 Å². The minimum Gasteiger partial charge on any atom is -0.332 e. The average molecular weight is 405 g/mol. The molecular formula is C21H32N4O2S. The summed E-state index contributed by atoms with van der Waals surface area (Å²) in [5.41, 5.74) is 0.688. The Balaban J connectivity index is 1.47. The highest BCUT2D eigenvalue weighted by Gasteiger charge is 2.55. The molecular weight excluding hydrogens is 372 g/mol. The Bertz CT molecular complexity index is 709. The summed E-state index contributed by atoms with van der Waals surface area (Å²) < 4.78 is 0. The summed E-state index contributed by atoms with van der Waals surface area (Å²) >= 11 is 1.42. The highest BCUT2D eigenvalue weighted by atomic mass is 32.1. The third kappa shape index (κ3) is 4.10. The molecule has 6 nitrogen and oxygen atoms in total. The first-order valence-electron chi connectivity index (χ1n) is 10.5. The number of hydrogen-bond donors (Lipinski definition) is 1. The first-order valence-corrected chi connectivity index (χ1v) is 11.4. The molecule has 0 aromatic carbocycles. The number of amides is 2. The van der Waals surface area contributed by atoms with E-state index in [1.807, 2.05) is 31.3 Å². The van der Waals surface area contributed by atoms with Crippen molar-refractivity contribution in [1.82, 2.24) is 14.8 Å². The van der Waals surface area contributed by atoms with E-state index >= 15 is 0 Å². The Morgan fingerprint density at radius 2 is 1.75 bits per heavy atom. The summed E-state index contributed by atoms with van der Waals surface area (Å²) in [4.78, 5) is 34.6. The van der Waals surface area contributed by atoms with Crippen LogP contribution in [0.3, 0.4) is 0 Å². The summed E-state index contributed by atoms with van der Waals surface area (Å²) in [6.07, 6.45) is 7.03. The minimum atomic E-state index is -0.209. The fourth-order valence-corrected chi connectivity index (χ4v) is 6.73. The molecule has 0 unspecified atom stereocenters. The maximum Gasteiger partial charge on any atom is 0.245 e. The topological polar surface area (TPSA) is 65.5 Å². The van der Waals surface area contributed by atoms with E-state index in [2.05, 4.69) is 15.2 Å². The molecule has 4 saturated carbocycles. The zero-order valence-corrected chi connectivity index (χ0v) is 18.1. The zero-order chi connectivity index (χ0) is 19.9. The van der Waals surface area contributed by atoms with Crippen LogP contribution in [0.2, 0.25) is 0 Å². The molecule has 1 aromatic rings. The first kappa shape index (κ1) is 19.8. The first-order chi connectivity index (χ1) is 13.3. The van der Waals surface area contributed by atoms with Gasteiger partial charge in [0, 0.05) is 18.5 Å². The van der Waals surface area contributed by atoms with Gasteiger partial charge in [-0.1, -0.05) is 0 Å². The quantitative estimate of drug-likeness (QED) is 0.759. The van der Waals surface area contributed by atoms with Crippen LogP contribution in [0.5, 0.6) is 0 Å². The molecule has 2 amide bonds. The maximum absolute atomic E-state index is 13.7. The lowest BCUT2D eigenvalue weighted by Gasteiger charge is -2.56. The van der Waals surface area contributed by atoms with E-state index < -0.39 is 0 Å². The summed E-state index contributed by atoms with van der Waals surface area (Å²) in [7, 11) is 4.01. The molecule has 28 heavy (non-hydrogen) atoms. The van der Waals surface area contributed by atoms with E-state index in [0.29, 0.717) is 11.7 Å². The second-order valence-corrected chi connectivity index (χ2v) is 10.4. The fraction of sp³-hybridized carbons (Fsp3) is 0.762. The molecule has 4 fully saturated rings. The number of hydrogen-bond acceptors (Lipinski definition) is 5. The minimum absolute atomic E-state index is 0.118.